The Kier molecular flexibility index (Phi) is 2.49. The minimum atomic E-state index is 0.786. The number of rotatable bonds is 1. The second-order valence-electron chi connectivity index (χ2n) is 3.78. The minimum Gasteiger partial charge on any atom is -0.399 e. The number of nitrogens with two attached hydrogens (primary N) is 1. The summed E-state index contributed by atoms with van der Waals surface area (Å²) in [5.41, 5.74) is 7.52. The summed E-state index contributed by atoms with van der Waals surface area (Å²) in [7, 11) is 2.05. The summed E-state index contributed by atoms with van der Waals surface area (Å²) >= 11 is 0. The van der Waals surface area contributed by atoms with Gasteiger partial charge in [-0.2, -0.15) is 5.10 Å². The highest BCUT2D eigenvalue weighted by Gasteiger charge is 2.13. The van der Waals surface area contributed by atoms with E-state index in [1.54, 1.807) is 0 Å². The topological polar surface area (TPSA) is 44.9 Å². The Morgan fingerprint density at radius 1 is 1.20 bits per heavy atom. The number of amidine groups is 1. The van der Waals surface area contributed by atoms with Gasteiger partial charge in [-0.15, -0.1) is 0 Å². The Balaban J connectivity index is 2.22. The molecule has 0 aromatic heterocycles. The number of benzene rings is 1. The van der Waals surface area contributed by atoms with Crippen LogP contribution in [0.4, 0.5) is 11.4 Å². The lowest BCUT2D eigenvalue weighted by Crippen LogP contribution is -2.40. The lowest BCUT2D eigenvalue weighted by atomic mass is 10.2. The van der Waals surface area contributed by atoms with E-state index in [1.807, 2.05) is 36.2 Å². The SMILES string of the molecule is CC1=NN(c2ccc(N)cc2)CCN1C. The summed E-state index contributed by atoms with van der Waals surface area (Å²) in [4.78, 5) is 2.15. The summed E-state index contributed by atoms with van der Waals surface area (Å²) in [5.74, 6) is 1.04. The van der Waals surface area contributed by atoms with Crippen LogP contribution in [-0.2, 0) is 0 Å². The molecule has 1 aliphatic rings. The molecule has 0 spiro atoms. The molecule has 0 aliphatic carbocycles. The van der Waals surface area contributed by atoms with Crippen LogP contribution in [0, 0.1) is 0 Å². The van der Waals surface area contributed by atoms with Gasteiger partial charge in [0.25, 0.3) is 0 Å². The maximum absolute atomic E-state index is 5.64. The molecule has 0 unspecified atom stereocenters. The van der Waals surface area contributed by atoms with Gasteiger partial charge in [0.15, 0.2) is 0 Å². The Labute approximate surface area is 90.0 Å². The van der Waals surface area contributed by atoms with Crippen molar-refractivity contribution in [1.29, 1.82) is 0 Å². The van der Waals surface area contributed by atoms with Crippen LogP contribution in [0.5, 0.6) is 0 Å². The van der Waals surface area contributed by atoms with Crippen molar-refractivity contribution in [2.24, 2.45) is 5.10 Å². The van der Waals surface area contributed by atoms with E-state index in [0.29, 0.717) is 0 Å². The standard InChI is InChI=1S/C11H16N4/c1-9-13-15(8-7-14(9)2)11-5-3-10(12)4-6-11/h3-6H,7-8,12H2,1-2H3. The average Bonchev–Trinajstić information content (AvgIpc) is 2.23. The number of nitrogens with zero attached hydrogens (tertiary/aromatic N) is 3. The molecule has 0 atom stereocenters. The molecule has 2 rings (SSSR count). The molecule has 0 bridgehead atoms. The molecule has 4 heteroatoms. The lowest BCUT2D eigenvalue weighted by molar-refractivity contribution is 0.474. The van der Waals surface area contributed by atoms with Crippen LogP contribution in [0.1, 0.15) is 6.92 Å². The zero-order valence-corrected chi connectivity index (χ0v) is 9.14. The zero-order chi connectivity index (χ0) is 10.8. The zero-order valence-electron chi connectivity index (χ0n) is 9.14. The van der Waals surface area contributed by atoms with Gasteiger partial charge in [0, 0.05) is 19.3 Å². The normalized spacial score (nSPS) is 16.5. The molecule has 0 saturated carbocycles. The molecule has 1 aliphatic heterocycles. The summed E-state index contributed by atoms with van der Waals surface area (Å²) in [6.07, 6.45) is 0. The van der Waals surface area contributed by atoms with E-state index in [0.717, 1.165) is 30.3 Å². The van der Waals surface area contributed by atoms with E-state index in [9.17, 15) is 0 Å². The summed E-state index contributed by atoms with van der Waals surface area (Å²) in [6.45, 7) is 3.93. The largest absolute Gasteiger partial charge is 0.399 e. The molecule has 15 heavy (non-hydrogen) atoms. The van der Waals surface area contributed by atoms with Gasteiger partial charge in [-0.1, -0.05) is 0 Å². The quantitative estimate of drug-likeness (QED) is 0.702. The first-order chi connectivity index (χ1) is 7.16. The van der Waals surface area contributed by atoms with E-state index in [2.05, 4.69) is 17.0 Å². The Morgan fingerprint density at radius 2 is 1.87 bits per heavy atom. The predicted molar refractivity (Wildman–Crippen MR) is 63.9 cm³/mol. The van der Waals surface area contributed by atoms with Crippen molar-refractivity contribution in [2.75, 3.05) is 30.9 Å². The number of hydrazone groups is 1. The van der Waals surface area contributed by atoms with Crippen molar-refractivity contribution in [1.82, 2.24) is 4.90 Å². The van der Waals surface area contributed by atoms with Crippen molar-refractivity contribution < 1.29 is 0 Å². The third-order valence-electron chi connectivity index (χ3n) is 2.66. The van der Waals surface area contributed by atoms with Crippen molar-refractivity contribution in [3.63, 3.8) is 0 Å². The first-order valence-corrected chi connectivity index (χ1v) is 5.06. The fourth-order valence-corrected chi connectivity index (χ4v) is 1.54. The monoisotopic (exact) mass is 204 g/mol. The fraction of sp³-hybridized carbons (Fsp3) is 0.364. The summed E-state index contributed by atoms with van der Waals surface area (Å²) in [6, 6.07) is 7.80. The van der Waals surface area contributed by atoms with Gasteiger partial charge in [0.05, 0.1) is 12.2 Å². The smallest absolute Gasteiger partial charge is 0.122 e. The highest BCUT2D eigenvalue weighted by molar-refractivity contribution is 5.81. The molecule has 0 radical (unpaired) electrons. The number of hydrogen-bond acceptors (Lipinski definition) is 4. The van der Waals surface area contributed by atoms with Gasteiger partial charge >= 0.3 is 0 Å². The van der Waals surface area contributed by atoms with E-state index in [-0.39, 0.29) is 0 Å². The van der Waals surface area contributed by atoms with E-state index >= 15 is 0 Å². The highest BCUT2D eigenvalue weighted by Crippen LogP contribution is 2.18. The molecular weight excluding hydrogens is 188 g/mol. The van der Waals surface area contributed by atoms with Gasteiger partial charge in [-0.3, -0.25) is 5.01 Å². The van der Waals surface area contributed by atoms with Crippen LogP contribution in [0.15, 0.2) is 29.4 Å². The molecule has 4 nitrogen and oxygen atoms in total. The van der Waals surface area contributed by atoms with Gasteiger partial charge < -0.3 is 10.6 Å². The van der Waals surface area contributed by atoms with Crippen molar-refractivity contribution >= 4 is 17.2 Å². The Bertz CT molecular complexity index is 369. The molecule has 1 heterocycles. The Morgan fingerprint density at radius 3 is 2.47 bits per heavy atom. The molecular formula is C11H16N4. The van der Waals surface area contributed by atoms with Gasteiger partial charge in [-0.25, -0.2) is 0 Å². The number of nitrogen functional groups attached to an aromatic ring is 1. The summed E-state index contributed by atoms with van der Waals surface area (Å²) in [5, 5.41) is 6.51. The molecule has 80 valence electrons. The van der Waals surface area contributed by atoms with E-state index in [4.69, 9.17) is 5.73 Å². The Hall–Kier alpha value is -1.71. The van der Waals surface area contributed by atoms with Crippen molar-refractivity contribution in [2.45, 2.75) is 6.92 Å². The minimum absolute atomic E-state index is 0.786. The highest BCUT2D eigenvalue weighted by atomic mass is 15.5. The predicted octanol–water partition coefficient (Wildman–Crippen LogP) is 1.35. The molecule has 1 aromatic carbocycles. The van der Waals surface area contributed by atoms with Crippen LogP contribution in [-0.4, -0.2) is 30.9 Å². The lowest BCUT2D eigenvalue weighted by Gasteiger charge is -2.30. The van der Waals surface area contributed by atoms with Crippen molar-refractivity contribution in [3.05, 3.63) is 24.3 Å². The van der Waals surface area contributed by atoms with E-state index < -0.39 is 0 Å². The van der Waals surface area contributed by atoms with Gasteiger partial charge in [-0.05, 0) is 31.2 Å². The molecule has 0 saturated heterocycles. The molecule has 1 aromatic rings. The number of hydrogen-bond donors (Lipinski definition) is 1. The van der Waals surface area contributed by atoms with Crippen LogP contribution in [0.25, 0.3) is 0 Å². The van der Waals surface area contributed by atoms with Crippen LogP contribution in [0.2, 0.25) is 0 Å². The molecule has 2 N–H and O–H groups in total. The van der Waals surface area contributed by atoms with Crippen LogP contribution in [0.3, 0.4) is 0 Å². The maximum atomic E-state index is 5.64. The average molecular weight is 204 g/mol. The molecule has 0 amide bonds. The first-order valence-electron chi connectivity index (χ1n) is 5.06. The second kappa shape index (κ2) is 3.81. The van der Waals surface area contributed by atoms with Crippen LogP contribution < -0.4 is 10.7 Å². The van der Waals surface area contributed by atoms with E-state index in [1.165, 1.54) is 0 Å². The second-order valence-corrected chi connectivity index (χ2v) is 3.78. The van der Waals surface area contributed by atoms with Gasteiger partial charge in [0.2, 0.25) is 0 Å². The third kappa shape index (κ3) is 2.03. The third-order valence-corrected chi connectivity index (χ3v) is 2.66. The fourth-order valence-electron chi connectivity index (χ4n) is 1.54. The number of anilines is 2. The maximum Gasteiger partial charge on any atom is 0.122 e. The molecule has 0 fully saturated rings. The number of likely N-dealkylation sites (N-methyl/N-ethyl adjacent to an activating group) is 1. The summed E-state index contributed by atoms with van der Waals surface area (Å²) < 4.78 is 0. The van der Waals surface area contributed by atoms with Gasteiger partial charge in [0.1, 0.15) is 5.84 Å². The van der Waals surface area contributed by atoms with Crippen LogP contribution >= 0.6 is 0 Å². The van der Waals surface area contributed by atoms with Crippen molar-refractivity contribution in [3.8, 4) is 0 Å². The first kappa shape index (κ1) is 9.83.